The molecule has 1 aromatic carbocycles. The summed E-state index contributed by atoms with van der Waals surface area (Å²) in [4.78, 5) is 17.2. The molecule has 0 radical (unpaired) electrons. The predicted octanol–water partition coefficient (Wildman–Crippen LogP) is 1.46. The smallest absolute Gasteiger partial charge is 0.264 e. The molecule has 2 N–H and O–H groups in total. The third kappa shape index (κ3) is 3.12. The topological polar surface area (TPSA) is 85.0 Å². The molecule has 0 saturated carbocycles. The molecule has 0 unspecified atom stereocenters. The van der Waals surface area contributed by atoms with Crippen molar-refractivity contribution in [2.24, 2.45) is 0 Å². The number of rotatable bonds is 3. The lowest BCUT2D eigenvalue weighted by molar-refractivity contribution is -0.00627. The molecule has 0 aliphatic carbocycles. The first-order chi connectivity index (χ1) is 12.1. The Labute approximate surface area is 152 Å². The number of aliphatic hydroxyl groups is 1. The average molecular weight is 404 g/mol. The summed E-state index contributed by atoms with van der Waals surface area (Å²) in [6, 6.07) is 7.65. The molecule has 130 valence electrons. The Bertz CT molecular complexity index is 975. The van der Waals surface area contributed by atoms with E-state index in [9.17, 15) is 9.90 Å². The van der Waals surface area contributed by atoms with Gasteiger partial charge in [0.15, 0.2) is 5.65 Å². The van der Waals surface area contributed by atoms with Crippen LogP contribution in [0.2, 0.25) is 0 Å². The Balaban J connectivity index is 1.73. The second kappa shape index (κ2) is 6.36. The summed E-state index contributed by atoms with van der Waals surface area (Å²) in [6.07, 6.45) is 4.28. The third-order valence-corrected chi connectivity index (χ3v) is 5.10. The zero-order valence-corrected chi connectivity index (χ0v) is 15.1. The van der Waals surface area contributed by atoms with Crippen LogP contribution in [0, 0.1) is 0 Å². The van der Waals surface area contributed by atoms with E-state index in [-0.39, 0.29) is 12.1 Å². The van der Waals surface area contributed by atoms with E-state index >= 15 is 0 Å². The summed E-state index contributed by atoms with van der Waals surface area (Å²) < 4.78 is 4.06. The first-order valence-corrected chi connectivity index (χ1v) is 8.97. The van der Waals surface area contributed by atoms with Gasteiger partial charge in [0, 0.05) is 4.47 Å². The lowest BCUT2D eigenvalue weighted by Gasteiger charge is -2.32. The number of hydrogen-bond acceptors (Lipinski definition) is 5. The number of piperidine rings is 1. The lowest BCUT2D eigenvalue weighted by Crippen LogP contribution is -2.46. The molecular weight excluding hydrogens is 386 g/mol. The van der Waals surface area contributed by atoms with Crippen molar-refractivity contribution in [1.29, 1.82) is 0 Å². The quantitative estimate of drug-likeness (QED) is 0.691. The number of nitrogens with zero attached hydrogens (tertiary/aromatic N) is 4. The van der Waals surface area contributed by atoms with Crippen LogP contribution in [-0.4, -0.2) is 43.1 Å². The van der Waals surface area contributed by atoms with Crippen molar-refractivity contribution in [3.63, 3.8) is 0 Å². The van der Waals surface area contributed by atoms with E-state index in [0.29, 0.717) is 23.9 Å². The van der Waals surface area contributed by atoms with E-state index in [0.717, 1.165) is 23.2 Å². The molecule has 8 heteroatoms. The van der Waals surface area contributed by atoms with Gasteiger partial charge in [-0.1, -0.05) is 22.0 Å². The molecule has 1 aliphatic heterocycles. The Morgan fingerprint density at radius 1 is 1.32 bits per heavy atom. The molecule has 0 atom stereocenters. The minimum Gasteiger partial charge on any atom is -0.388 e. The minimum absolute atomic E-state index is 0.182. The maximum atomic E-state index is 12.8. The Kier molecular flexibility index (Phi) is 4.18. The highest BCUT2D eigenvalue weighted by molar-refractivity contribution is 9.10. The predicted molar refractivity (Wildman–Crippen MR) is 97.9 cm³/mol. The molecule has 3 heterocycles. The number of fused-ring (bicyclic) bond motifs is 1. The number of halogens is 1. The lowest BCUT2D eigenvalue weighted by atomic mass is 9.92. The van der Waals surface area contributed by atoms with Crippen molar-refractivity contribution in [3.8, 4) is 5.69 Å². The van der Waals surface area contributed by atoms with Gasteiger partial charge in [-0.15, -0.1) is 0 Å². The van der Waals surface area contributed by atoms with E-state index in [2.05, 4.69) is 31.3 Å². The third-order valence-electron chi connectivity index (χ3n) is 4.61. The van der Waals surface area contributed by atoms with Crippen molar-refractivity contribution < 1.29 is 5.11 Å². The van der Waals surface area contributed by atoms with Crippen LogP contribution in [0.25, 0.3) is 16.7 Å². The fourth-order valence-corrected chi connectivity index (χ4v) is 3.61. The van der Waals surface area contributed by atoms with Crippen LogP contribution in [0.3, 0.4) is 0 Å². The second-order valence-electron chi connectivity index (χ2n) is 6.43. The molecule has 0 amide bonds. The van der Waals surface area contributed by atoms with E-state index < -0.39 is 5.60 Å². The first-order valence-electron chi connectivity index (χ1n) is 8.18. The van der Waals surface area contributed by atoms with Gasteiger partial charge in [0.25, 0.3) is 5.56 Å². The number of hydrogen-bond donors (Lipinski definition) is 2. The van der Waals surface area contributed by atoms with Crippen LogP contribution in [-0.2, 0) is 6.54 Å². The summed E-state index contributed by atoms with van der Waals surface area (Å²) in [5.74, 6) is 0. The maximum absolute atomic E-state index is 12.8. The minimum atomic E-state index is -0.870. The number of aromatic nitrogens is 4. The molecule has 25 heavy (non-hydrogen) atoms. The molecule has 3 aromatic rings. The Morgan fingerprint density at radius 3 is 2.88 bits per heavy atom. The maximum Gasteiger partial charge on any atom is 0.264 e. The fraction of sp³-hybridized carbons (Fsp3) is 0.353. The molecular formula is C17H18BrN5O2. The molecule has 7 nitrogen and oxygen atoms in total. The van der Waals surface area contributed by atoms with Crippen molar-refractivity contribution in [3.05, 3.63) is 51.6 Å². The van der Waals surface area contributed by atoms with E-state index in [1.165, 1.54) is 17.1 Å². The standard InChI is InChI=1S/C17H18BrN5O2/c18-12-2-1-3-13(8-12)23-15-14(9-21-23)16(24)22(11-20-15)10-17(25)4-6-19-7-5-17/h1-3,8-9,11,19,25H,4-7,10H2. The summed E-state index contributed by atoms with van der Waals surface area (Å²) in [7, 11) is 0. The molecule has 0 bridgehead atoms. The van der Waals surface area contributed by atoms with E-state index in [4.69, 9.17) is 0 Å². The fourth-order valence-electron chi connectivity index (χ4n) is 3.23. The van der Waals surface area contributed by atoms with Gasteiger partial charge in [0.1, 0.15) is 11.7 Å². The van der Waals surface area contributed by atoms with Crippen LogP contribution in [0.15, 0.2) is 46.1 Å². The van der Waals surface area contributed by atoms with Gasteiger partial charge in [0.2, 0.25) is 0 Å². The largest absolute Gasteiger partial charge is 0.388 e. The Hall–Kier alpha value is -2.03. The highest BCUT2D eigenvalue weighted by atomic mass is 79.9. The van der Waals surface area contributed by atoms with Crippen LogP contribution in [0.4, 0.5) is 0 Å². The van der Waals surface area contributed by atoms with Gasteiger partial charge in [-0.3, -0.25) is 9.36 Å². The average Bonchev–Trinajstić information content (AvgIpc) is 3.03. The van der Waals surface area contributed by atoms with Crippen molar-refractivity contribution in [2.45, 2.75) is 25.0 Å². The zero-order valence-electron chi connectivity index (χ0n) is 13.5. The summed E-state index contributed by atoms with van der Waals surface area (Å²) in [6.45, 7) is 1.75. The van der Waals surface area contributed by atoms with Crippen LogP contribution < -0.4 is 10.9 Å². The van der Waals surface area contributed by atoms with Gasteiger partial charge in [-0.05, 0) is 44.1 Å². The highest BCUT2D eigenvalue weighted by Crippen LogP contribution is 2.21. The van der Waals surface area contributed by atoms with Crippen molar-refractivity contribution >= 4 is 27.0 Å². The molecule has 1 fully saturated rings. The van der Waals surface area contributed by atoms with Gasteiger partial charge < -0.3 is 10.4 Å². The number of nitrogens with one attached hydrogen (secondary N) is 1. The van der Waals surface area contributed by atoms with Crippen LogP contribution >= 0.6 is 15.9 Å². The molecule has 2 aromatic heterocycles. The summed E-state index contributed by atoms with van der Waals surface area (Å²) in [5.41, 5.74) is 0.283. The zero-order chi connectivity index (χ0) is 17.4. The highest BCUT2D eigenvalue weighted by Gasteiger charge is 2.30. The van der Waals surface area contributed by atoms with Gasteiger partial charge in [-0.25, -0.2) is 9.67 Å². The van der Waals surface area contributed by atoms with Crippen LogP contribution in [0.1, 0.15) is 12.8 Å². The number of benzene rings is 1. The van der Waals surface area contributed by atoms with E-state index in [1.54, 1.807) is 4.68 Å². The molecule has 1 aliphatic rings. The second-order valence-corrected chi connectivity index (χ2v) is 7.34. The summed E-state index contributed by atoms with van der Waals surface area (Å²) in [5, 5.41) is 18.7. The normalized spacial score (nSPS) is 17.0. The van der Waals surface area contributed by atoms with Crippen LogP contribution in [0.5, 0.6) is 0 Å². The molecule has 0 spiro atoms. The van der Waals surface area contributed by atoms with Crippen molar-refractivity contribution in [1.82, 2.24) is 24.6 Å². The van der Waals surface area contributed by atoms with Gasteiger partial charge in [0.05, 0.1) is 24.0 Å². The molecule has 4 rings (SSSR count). The monoisotopic (exact) mass is 403 g/mol. The van der Waals surface area contributed by atoms with E-state index in [1.807, 2.05) is 24.3 Å². The van der Waals surface area contributed by atoms with Gasteiger partial charge in [-0.2, -0.15) is 5.10 Å². The van der Waals surface area contributed by atoms with Gasteiger partial charge >= 0.3 is 0 Å². The SMILES string of the molecule is O=c1c2cnn(-c3cccc(Br)c3)c2ncn1CC1(O)CCNCC1. The summed E-state index contributed by atoms with van der Waals surface area (Å²) >= 11 is 3.44. The Morgan fingerprint density at radius 2 is 2.12 bits per heavy atom. The first kappa shape index (κ1) is 16.4. The molecule has 1 saturated heterocycles. The van der Waals surface area contributed by atoms with Crippen molar-refractivity contribution in [2.75, 3.05) is 13.1 Å².